The normalized spacial score (nSPS) is 10.4. The minimum atomic E-state index is 0.658. The van der Waals surface area contributed by atoms with Gasteiger partial charge in [-0.1, -0.05) is 6.07 Å². The Morgan fingerprint density at radius 2 is 2.13 bits per heavy atom. The summed E-state index contributed by atoms with van der Waals surface area (Å²) in [5, 5.41) is 3.04. The molecule has 0 saturated carbocycles. The molecule has 4 heteroatoms. The summed E-state index contributed by atoms with van der Waals surface area (Å²) in [4.78, 5) is 2.07. The Labute approximate surface area is 91.0 Å². The number of nitrogen functional groups attached to an aromatic ring is 1. The van der Waals surface area contributed by atoms with Gasteiger partial charge in [-0.25, -0.2) is 0 Å². The van der Waals surface area contributed by atoms with Crippen LogP contribution in [0.5, 0.6) is 5.75 Å². The molecular formula is C11H19N3O. The Hall–Kier alpha value is -1.42. The van der Waals surface area contributed by atoms with E-state index >= 15 is 0 Å². The maximum absolute atomic E-state index is 5.81. The van der Waals surface area contributed by atoms with E-state index in [1.165, 1.54) is 0 Å². The van der Waals surface area contributed by atoms with Crippen LogP contribution in [0.15, 0.2) is 18.2 Å². The fraction of sp³-hybridized carbons (Fsp3) is 0.455. The molecule has 0 fully saturated rings. The van der Waals surface area contributed by atoms with E-state index in [0.717, 1.165) is 18.0 Å². The van der Waals surface area contributed by atoms with Gasteiger partial charge in [0.2, 0.25) is 0 Å². The van der Waals surface area contributed by atoms with Gasteiger partial charge < -0.3 is 20.7 Å². The molecule has 1 rings (SSSR count). The first-order valence-corrected chi connectivity index (χ1v) is 4.99. The maximum Gasteiger partial charge on any atom is 0.144 e. The topological polar surface area (TPSA) is 50.5 Å². The molecule has 1 aromatic carbocycles. The summed E-state index contributed by atoms with van der Waals surface area (Å²) in [5.74, 6) is 0.805. The highest BCUT2D eigenvalue weighted by atomic mass is 16.5. The molecule has 0 aliphatic rings. The first-order chi connectivity index (χ1) is 7.15. The van der Waals surface area contributed by atoms with Crippen LogP contribution in [-0.2, 0) is 0 Å². The highest BCUT2D eigenvalue weighted by molar-refractivity contribution is 5.73. The molecule has 1 aromatic rings. The lowest BCUT2D eigenvalue weighted by Crippen LogP contribution is -2.19. The number of rotatable bonds is 5. The molecule has 0 unspecified atom stereocenters. The third kappa shape index (κ3) is 3.32. The van der Waals surface area contributed by atoms with Gasteiger partial charge in [-0.2, -0.15) is 0 Å². The lowest BCUT2D eigenvalue weighted by Gasteiger charge is -2.14. The Kier molecular flexibility index (Phi) is 4.24. The minimum absolute atomic E-state index is 0.658. The fourth-order valence-electron chi connectivity index (χ4n) is 1.27. The van der Waals surface area contributed by atoms with Gasteiger partial charge in [0.05, 0.1) is 11.4 Å². The second kappa shape index (κ2) is 5.46. The molecule has 0 heterocycles. The SMILES string of the molecule is CNc1c(N)cccc1OCCN(C)C. The van der Waals surface area contributed by atoms with Crippen molar-refractivity contribution in [1.82, 2.24) is 4.90 Å². The lowest BCUT2D eigenvalue weighted by molar-refractivity contribution is 0.262. The molecule has 0 aliphatic heterocycles. The zero-order valence-electron chi connectivity index (χ0n) is 9.58. The number of nitrogens with one attached hydrogen (secondary N) is 1. The Morgan fingerprint density at radius 1 is 1.40 bits per heavy atom. The fourth-order valence-corrected chi connectivity index (χ4v) is 1.27. The second-order valence-electron chi connectivity index (χ2n) is 3.62. The lowest BCUT2D eigenvalue weighted by atomic mass is 10.2. The van der Waals surface area contributed by atoms with E-state index < -0.39 is 0 Å². The number of hydrogen-bond acceptors (Lipinski definition) is 4. The van der Waals surface area contributed by atoms with Crippen molar-refractivity contribution in [2.45, 2.75) is 0 Å². The van der Waals surface area contributed by atoms with Gasteiger partial charge in [0.1, 0.15) is 12.4 Å². The molecule has 0 radical (unpaired) electrons. The van der Waals surface area contributed by atoms with Crippen LogP contribution in [0.2, 0.25) is 0 Å². The van der Waals surface area contributed by atoms with Crippen molar-refractivity contribution >= 4 is 11.4 Å². The molecule has 0 bridgehead atoms. The Morgan fingerprint density at radius 3 is 2.73 bits per heavy atom. The van der Waals surface area contributed by atoms with Crippen molar-refractivity contribution < 1.29 is 4.74 Å². The number of ether oxygens (including phenoxy) is 1. The number of likely N-dealkylation sites (N-methyl/N-ethyl adjacent to an activating group) is 1. The van der Waals surface area contributed by atoms with Crippen LogP contribution in [0, 0.1) is 0 Å². The van der Waals surface area contributed by atoms with Crippen LogP contribution in [0.3, 0.4) is 0 Å². The third-order valence-electron chi connectivity index (χ3n) is 2.10. The quantitative estimate of drug-likeness (QED) is 0.717. The first kappa shape index (κ1) is 11.7. The van der Waals surface area contributed by atoms with E-state index in [9.17, 15) is 0 Å². The van der Waals surface area contributed by atoms with E-state index in [-0.39, 0.29) is 0 Å². The van der Waals surface area contributed by atoms with Gasteiger partial charge in [-0.05, 0) is 26.2 Å². The molecule has 0 aliphatic carbocycles. The van der Waals surface area contributed by atoms with E-state index in [0.29, 0.717) is 12.3 Å². The summed E-state index contributed by atoms with van der Waals surface area (Å²) in [6.45, 7) is 1.54. The van der Waals surface area contributed by atoms with E-state index in [1.807, 2.05) is 39.3 Å². The van der Waals surface area contributed by atoms with Gasteiger partial charge in [0, 0.05) is 13.6 Å². The molecule has 0 spiro atoms. The summed E-state index contributed by atoms with van der Waals surface area (Å²) >= 11 is 0. The van der Waals surface area contributed by atoms with Crippen LogP contribution in [-0.4, -0.2) is 39.2 Å². The molecule has 4 nitrogen and oxygen atoms in total. The van der Waals surface area contributed by atoms with Crippen molar-refractivity contribution in [2.75, 3.05) is 45.3 Å². The number of nitrogens with zero attached hydrogens (tertiary/aromatic N) is 1. The minimum Gasteiger partial charge on any atom is -0.490 e. The number of para-hydroxylation sites is 1. The highest BCUT2D eigenvalue weighted by Gasteiger charge is 2.04. The van der Waals surface area contributed by atoms with Crippen molar-refractivity contribution in [2.24, 2.45) is 0 Å². The molecule has 0 amide bonds. The average Bonchev–Trinajstić information content (AvgIpc) is 2.17. The average molecular weight is 209 g/mol. The predicted molar refractivity (Wildman–Crippen MR) is 64.5 cm³/mol. The molecule has 0 aromatic heterocycles. The summed E-state index contributed by atoms with van der Waals surface area (Å²) in [7, 11) is 5.87. The Balaban J connectivity index is 2.64. The van der Waals surface area contributed by atoms with Crippen LogP contribution in [0.4, 0.5) is 11.4 Å². The summed E-state index contributed by atoms with van der Waals surface area (Å²) in [6, 6.07) is 5.66. The highest BCUT2D eigenvalue weighted by Crippen LogP contribution is 2.29. The standard InChI is InChI=1S/C11H19N3O/c1-13-11-9(12)5-4-6-10(11)15-8-7-14(2)3/h4-6,13H,7-8,12H2,1-3H3. The van der Waals surface area contributed by atoms with Gasteiger partial charge in [0.15, 0.2) is 0 Å². The van der Waals surface area contributed by atoms with Crippen molar-refractivity contribution in [3.05, 3.63) is 18.2 Å². The molecule has 15 heavy (non-hydrogen) atoms. The summed E-state index contributed by atoms with van der Waals surface area (Å²) < 4.78 is 5.64. The number of anilines is 2. The van der Waals surface area contributed by atoms with Crippen molar-refractivity contribution in [3.8, 4) is 5.75 Å². The van der Waals surface area contributed by atoms with Gasteiger partial charge >= 0.3 is 0 Å². The van der Waals surface area contributed by atoms with Gasteiger partial charge in [-0.3, -0.25) is 0 Å². The third-order valence-corrected chi connectivity index (χ3v) is 2.10. The van der Waals surface area contributed by atoms with Crippen LogP contribution in [0.1, 0.15) is 0 Å². The zero-order valence-corrected chi connectivity index (χ0v) is 9.58. The Bertz CT molecular complexity index is 313. The zero-order chi connectivity index (χ0) is 11.3. The van der Waals surface area contributed by atoms with Gasteiger partial charge in [-0.15, -0.1) is 0 Å². The monoisotopic (exact) mass is 209 g/mol. The van der Waals surface area contributed by atoms with E-state index in [2.05, 4.69) is 10.2 Å². The number of nitrogens with two attached hydrogens (primary N) is 1. The van der Waals surface area contributed by atoms with Crippen LogP contribution in [0.25, 0.3) is 0 Å². The number of hydrogen-bond donors (Lipinski definition) is 2. The van der Waals surface area contributed by atoms with Crippen molar-refractivity contribution in [3.63, 3.8) is 0 Å². The molecule has 0 atom stereocenters. The maximum atomic E-state index is 5.81. The first-order valence-electron chi connectivity index (χ1n) is 4.99. The largest absolute Gasteiger partial charge is 0.490 e. The molecule has 0 saturated heterocycles. The summed E-state index contributed by atoms with van der Waals surface area (Å²) in [5.41, 5.74) is 7.38. The van der Waals surface area contributed by atoms with Crippen LogP contribution < -0.4 is 15.8 Å². The van der Waals surface area contributed by atoms with Crippen LogP contribution >= 0.6 is 0 Å². The predicted octanol–water partition coefficient (Wildman–Crippen LogP) is 1.25. The molecule has 3 N–H and O–H groups in total. The molecular weight excluding hydrogens is 190 g/mol. The van der Waals surface area contributed by atoms with Gasteiger partial charge in [0.25, 0.3) is 0 Å². The second-order valence-corrected chi connectivity index (χ2v) is 3.62. The number of benzene rings is 1. The molecule has 84 valence electrons. The van der Waals surface area contributed by atoms with E-state index in [4.69, 9.17) is 10.5 Å². The smallest absolute Gasteiger partial charge is 0.144 e. The summed E-state index contributed by atoms with van der Waals surface area (Å²) in [6.07, 6.45) is 0. The van der Waals surface area contributed by atoms with Crippen molar-refractivity contribution in [1.29, 1.82) is 0 Å². The van der Waals surface area contributed by atoms with E-state index in [1.54, 1.807) is 0 Å².